The maximum Gasteiger partial charge on any atom is 0.318 e. The molecule has 28 heavy (non-hydrogen) atoms. The molecular formula is C21H20F2N4O. The van der Waals surface area contributed by atoms with E-state index in [0.717, 1.165) is 11.1 Å². The van der Waals surface area contributed by atoms with Gasteiger partial charge in [0.05, 0.1) is 12.7 Å². The number of hydrogen-bond acceptors (Lipinski definition) is 2. The summed E-state index contributed by atoms with van der Waals surface area (Å²) in [6, 6.07) is 11.3. The molecular weight excluding hydrogens is 362 g/mol. The number of aromatic nitrogens is 2. The molecule has 7 heteroatoms. The van der Waals surface area contributed by atoms with Gasteiger partial charge in [-0.1, -0.05) is 30.3 Å². The highest BCUT2D eigenvalue weighted by Crippen LogP contribution is 2.33. The van der Waals surface area contributed by atoms with Crippen molar-refractivity contribution < 1.29 is 13.6 Å². The minimum absolute atomic E-state index is 0.00500. The van der Waals surface area contributed by atoms with Crippen LogP contribution in [0.25, 0.3) is 0 Å². The van der Waals surface area contributed by atoms with Gasteiger partial charge in [0.1, 0.15) is 11.6 Å². The molecule has 0 saturated heterocycles. The minimum atomic E-state index is -0.669. The number of amides is 2. The number of carbonyl (C=O) groups excluding carboxylic acids is 1. The molecule has 0 saturated carbocycles. The largest absolute Gasteiger partial charge is 0.334 e. The first-order valence-electron chi connectivity index (χ1n) is 9.05. The Morgan fingerprint density at radius 1 is 1.18 bits per heavy atom. The zero-order valence-electron chi connectivity index (χ0n) is 15.4. The number of halogens is 2. The van der Waals surface area contributed by atoms with E-state index in [2.05, 4.69) is 16.5 Å². The van der Waals surface area contributed by atoms with Crippen LogP contribution in [0.15, 0.2) is 54.9 Å². The molecule has 0 fully saturated rings. The van der Waals surface area contributed by atoms with Crippen molar-refractivity contribution >= 4 is 6.03 Å². The second-order valence-electron chi connectivity index (χ2n) is 6.94. The molecule has 3 aromatic rings. The standard InChI is InChI=1S/C21H20F2N4O/c1-26-11-15(9-25-26)18-13-27(12-14-5-2-3-6-16(14)18)21(28)24-10-17-19(22)7-4-8-20(17)23/h2-9,11,18H,10,12-13H2,1H3,(H,24,28). The lowest BCUT2D eigenvalue weighted by molar-refractivity contribution is 0.188. The van der Waals surface area contributed by atoms with Crippen molar-refractivity contribution in [1.29, 1.82) is 0 Å². The molecule has 2 heterocycles. The van der Waals surface area contributed by atoms with Crippen LogP contribution < -0.4 is 5.32 Å². The fourth-order valence-corrected chi connectivity index (χ4v) is 3.64. The Kier molecular flexibility index (Phi) is 4.81. The number of rotatable bonds is 3. The Morgan fingerprint density at radius 3 is 2.64 bits per heavy atom. The van der Waals surface area contributed by atoms with E-state index in [0.29, 0.717) is 13.1 Å². The quantitative estimate of drug-likeness (QED) is 0.753. The van der Waals surface area contributed by atoms with Crippen molar-refractivity contribution in [2.45, 2.75) is 19.0 Å². The van der Waals surface area contributed by atoms with Crippen LogP contribution >= 0.6 is 0 Å². The number of nitrogens with zero attached hydrogens (tertiary/aromatic N) is 3. The van der Waals surface area contributed by atoms with E-state index in [-0.39, 0.29) is 24.1 Å². The van der Waals surface area contributed by atoms with Gasteiger partial charge >= 0.3 is 6.03 Å². The molecule has 1 aliphatic heterocycles. The Labute approximate surface area is 161 Å². The van der Waals surface area contributed by atoms with Crippen molar-refractivity contribution in [3.8, 4) is 0 Å². The van der Waals surface area contributed by atoms with Gasteiger partial charge in [-0.2, -0.15) is 5.10 Å². The van der Waals surface area contributed by atoms with Crippen LogP contribution in [-0.4, -0.2) is 27.3 Å². The topological polar surface area (TPSA) is 50.2 Å². The first-order valence-corrected chi connectivity index (χ1v) is 9.05. The van der Waals surface area contributed by atoms with Crippen LogP contribution in [-0.2, 0) is 20.1 Å². The highest BCUT2D eigenvalue weighted by molar-refractivity contribution is 5.75. The van der Waals surface area contributed by atoms with Gasteiger partial charge < -0.3 is 10.2 Å². The Morgan fingerprint density at radius 2 is 1.93 bits per heavy atom. The van der Waals surface area contributed by atoms with Crippen LogP contribution in [0, 0.1) is 11.6 Å². The fourth-order valence-electron chi connectivity index (χ4n) is 3.64. The van der Waals surface area contributed by atoms with E-state index in [1.54, 1.807) is 15.8 Å². The van der Waals surface area contributed by atoms with Gasteiger partial charge in [0.25, 0.3) is 0 Å². The van der Waals surface area contributed by atoms with Crippen molar-refractivity contribution in [2.75, 3.05) is 6.54 Å². The Bertz CT molecular complexity index is 997. The summed E-state index contributed by atoms with van der Waals surface area (Å²) in [6.07, 6.45) is 3.75. The molecule has 0 radical (unpaired) electrons. The fraction of sp³-hybridized carbons (Fsp3) is 0.238. The maximum absolute atomic E-state index is 13.8. The van der Waals surface area contributed by atoms with E-state index >= 15 is 0 Å². The lowest BCUT2D eigenvalue weighted by Crippen LogP contribution is -2.44. The van der Waals surface area contributed by atoms with Crippen LogP contribution in [0.3, 0.4) is 0 Å². The van der Waals surface area contributed by atoms with Crippen LogP contribution in [0.1, 0.15) is 28.2 Å². The third-order valence-corrected chi connectivity index (χ3v) is 5.09. The highest BCUT2D eigenvalue weighted by atomic mass is 19.1. The van der Waals surface area contributed by atoms with Gasteiger partial charge in [-0.25, -0.2) is 13.6 Å². The highest BCUT2D eigenvalue weighted by Gasteiger charge is 2.29. The van der Waals surface area contributed by atoms with Gasteiger partial charge in [0.15, 0.2) is 0 Å². The smallest absolute Gasteiger partial charge is 0.318 e. The van der Waals surface area contributed by atoms with Gasteiger partial charge in [-0.3, -0.25) is 4.68 Å². The summed E-state index contributed by atoms with van der Waals surface area (Å²) in [4.78, 5) is 14.4. The normalized spacial score (nSPS) is 16.0. The summed E-state index contributed by atoms with van der Waals surface area (Å²) in [7, 11) is 1.85. The first-order chi connectivity index (χ1) is 13.5. The molecule has 2 amide bonds. The number of urea groups is 1. The minimum Gasteiger partial charge on any atom is -0.334 e. The van der Waals surface area contributed by atoms with E-state index in [1.807, 2.05) is 31.4 Å². The average Bonchev–Trinajstić information content (AvgIpc) is 3.12. The predicted octanol–water partition coefficient (Wildman–Crippen LogP) is 3.56. The van der Waals surface area contributed by atoms with Crippen LogP contribution in [0.4, 0.5) is 13.6 Å². The third kappa shape index (κ3) is 3.47. The zero-order valence-corrected chi connectivity index (χ0v) is 15.4. The van der Waals surface area contributed by atoms with E-state index < -0.39 is 11.6 Å². The Hall–Kier alpha value is -3.22. The average molecular weight is 382 g/mol. The van der Waals surface area contributed by atoms with Crippen LogP contribution in [0.2, 0.25) is 0 Å². The monoisotopic (exact) mass is 382 g/mol. The predicted molar refractivity (Wildman–Crippen MR) is 100 cm³/mol. The molecule has 1 aromatic heterocycles. The summed E-state index contributed by atoms with van der Waals surface area (Å²) in [6.45, 7) is 0.708. The second kappa shape index (κ2) is 7.42. The maximum atomic E-state index is 13.8. The summed E-state index contributed by atoms with van der Waals surface area (Å²) >= 11 is 0. The van der Waals surface area contributed by atoms with Gasteiger partial charge in [0.2, 0.25) is 0 Å². The number of fused-ring (bicyclic) bond motifs is 1. The molecule has 1 atom stereocenters. The molecule has 4 rings (SSSR count). The van der Waals surface area contributed by atoms with Gasteiger partial charge in [0, 0.05) is 37.8 Å². The number of carbonyl (C=O) groups is 1. The molecule has 2 aromatic carbocycles. The number of hydrogen-bond donors (Lipinski definition) is 1. The Balaban J connectivity index is 1.54. The second-order valence-corrected chi connectivity index (χ2v) is 6.94. The van der Waals surface area contributed by atoms with Crippen LogP contribution in [0.5, 0.6) is 0 Å². The number of benzene rings is 2. The van der Waals surface area contributed by atoms with E-state index in [4.69, 9.17) is 0 Å². The molecule has 1 N–H and O–H groups in total. The summed E-state index contributed by atoms with van der Waals surface area (Å²) in [5.74, 6) is -1.34. The summed E-state index contributed by atoms with van der Waals surface area (Å²) in [5, 5.41) is 6.89. The summed E-state index contributed by atoms with van der Waals surface area (Å²) < 4.78 is 29.4. The summed E-state index contributed by atoms with van der Waals surface area (Å²) in [5.41, 5.74) is 3.10. The zero-order chi connectivity index (χ0) is 19.7. The van der Waals surface area contributed by atoms with Crippen molar-refractivity contribution in [2.24, 2.45) is 7.05 Å². The lowest BCUT2D eigenvalue weighted by atomic mass is 9.86. The molecule has 1 aliphatic rings. The SMILES string of the molecule is Cn1cc(C2CN(C(=O)NCc3c(F)cccc3F)Cc3ccccc32)cn1. The molecule has 5 nitrogen and oxygen atoms in total. The van der Waals surface area contributed by atoms with Gasteiger partial charge in [-0.15, -0.1) is 0 Å². The molecule has 0 aliphatic carbocycles. The molecule has 144 valence electrons. The van der Waals surface area contributed by atoms with Crippen molar-refractivity contribution in [1.82, 2.24) is 20.0 Å². The van der Waals surface area contributed by atoms with Gasteiger partial charge in [-0.05, 0) is 28.8 Å². The molecule has 1 unspecified atom stereocenters. The first kappa shape index (κ1) is 18.2. The molecule has 0 spiro atoms. The number of aryl methyl sites for hydroxylation is 1. The third-order valence-electron chi connectivity index (χ3n) is 5.09. The van der Waals surface area contributed by atoms with Crippen molar-refractivity contribution in [3.05, 3.63) is 88.7 Å². The van der Waals surface area contributed by atoms with Crippen molar-refractivity contribution in [3.63, 3.8) is 0 Å². The van der Waals surface area contributed by atoms with E-state index in [9.17, 15) is 13.6 Å². The molecule has 0 bridgehead atoms. The number of nitrogens with one attached hydrogen (secondary N) is 1. The van der Waals surface area contributed by atoms with E-state index in [1.165, 1.54) is 23.8 Å². The lowest BCUT2D eigenvalue weighted by Gasteiger charge is -2.34.